The first-order valence-corrected chi connectivity index (χ1v) is 6.32. The maximum Gasteiger partial charge on any atom is 0.335 e. The molecule has 1 heterocycles. The van der Waals surface area contributed by atoms with Gasteiger partial charge in [0.25, 0.3) is 5.91 Å². The van der Waals surface area contributed by atoms with Crippen LogP contribution < -0.4 is 5.32 Å². The van der Waals surface area contributed by atoms with Crippen molar-refractivity contribution in [2.45, 2.75) is 0 Å². The number of aromatic carboxylic acids is 1. The van der Waals surface area contributed by atoms with Crippen molar-refractivity contribution < 1.29 is 19.1 Å². The summed E-state index contributed by atoms with van der Waals surface area (Å²) >= 11 is 0. The van der Waals surface area contributed by atoms with Crippen molar-refractivity contribution in [1.82, 2.24) is 5.32 Å². The summed E-state index contributed by atoms with van der Waals surface area (Å²) in [7, 11) is 1.43. The molecule has 0 saturated heterocycles. The Morgan fingerprint density at radius 1 is 1.32 bits per heavy atom. The Bertz CT molecular complexity index is 796. The molecule has 0 radical (unpaired) electrons. The maximum atomic E-state index is 11.4. The summed E-state index contributed by atoms with van der Waals surface area (Å²) in [5, 5.41) is 20.3. The zero-order chi connectivity index (χ0) is 16.1. The van der Waals surface area contributed by atoms with Crippen molar-refractivity contribution in [1.29, 1.82) is 5.26 Å². The molecule has 6 nitrogen and oxygen atoms in total. The molecule has 0 aliphatic heterocycles. The molecule has 0 aliphatic carbocycles. The lowest BCUT2D eigenvalue weighted by molar-refractivity contribution is -0.116. The van der Waals surface area contributed by atoms with Crippen molar-refractivity contribution >= 4 is 18.0 Å². The SMILES string of the molecule is CNC(=O)/C(C#N)=C/c1ccc(-c2cccc(C(=O)O)c2)o1. The van der Waals surface area contributed by atoms with Crippen LogP contribution in [0, 0.1) is 11.3 Å². The van der Waals surface area contributed by atoms with Crippen LogP contribution in [0.25, 0.3) is 17.4 Å². The van der Waals surface area contributed by atoms with E-state index in [0.29, 0.717) is 17.1 Å². The summed E-state index contributed by atoms with van der Waals surface area (Å²) in [6.45, 7) is 0. The molecule has 2 N–H and O–H groups in total. The van der Waals surface area contributed by atoms with Crippen LogP contribution in [-0.2, 0) is 4.79 Å². The highest BCUT2D eigenvalue weighted by atomic mass is 16.4. The predicted molar refractivity (Wildman–Crippen MR) is 78.8 cm³/mol. The quantitative estimate of drug-likeness (QED) is 0.665. The minimum absolute atomic E-state index is 0.0808. The van der Waals surface area contributed by atoms with E-state index < -0.39 is 11.9 Å². The first-order chi connectivity index (χ1) is 10.5. The first kappa shape index (κ1) is 15.1. The normalized spacial score (nSPS) is 10.8. The number of nitrogens with zero attached hydrogens (tertiary/aromatic N) is 1. The number of nitrogens with one attached hydrogen (secondary N) is 1. The van der Waals surface area contributed by atoms with E-state index in [1.54, 1.807) is 30.3 Å². The van der Waals surface area contributed by atoms with Gasteiger partial charge in [-0.05, 0) is 24.3 Å². The van der Waals surface area contributed by atoms with Crippen LogP contribution in [-0.4, -0.2) is 24.0 Å². The Labute approximate surface area is 126 Å². The van der Waals surface area contributed by atoms with Crippen LogP contribution in [0.15, 0.2) is 46.4 Å². The average Bonchev–Trinajstić information content (AvgIpc) is 3.00. The number of carboxylic acids is 1. The zero-order valence-electron chi connectivity index (χ0n) is 11.7. The van der Waals surface area contributed by atoms with E-state index in [4.69, 9.17) is 14.8 Å². The van der Waals surface area contributed by atoms with Crippen molar-refractivity contribution in [3.05, 3.63) is 53.3 Å². The molecular weight excluding hydrogens is 284 g/mol. The smallest absolute Gasteiger partial charge is 0.335 e. The van der Waals surface area contributed by atoms with E-state index in [-0.39, 0.29) is 11.1 Å². The first-order valence-electron chi connectivity index (χ1n) is 6.32. The predicted octanol–water partition coefficient (Wildman–Crippen LogP) is 2.30. The van der Waals surface area contributed by atoms with Gasteiger partial charge in [0.15, 0.2) is 0 Å². The van der Waals surface area contributed by atoms with Crippen LogP contribution in [0.4, 0.5) is 0 Å². The number of furan rings is 1. The third kappa shape index (κ3) is 3.22. The van der Waals surface area contributed by atoms with Gasteiger partial charge in [0, 0.05) is 18.7 Å². The minimum Gasteiger partial charge on any atom is -0.478 e. The molecule has 0 unspecified atom stereocenters. The van der Waals surface area contributed by atoms with Gasteiger partial charge < -0.3 is 14.8 Å². The Kier molecular flexibility index (Phi) is 4.39. The summed E-state index contributed by atoms with van der Waals surface area (Å²) < 4.78 is 5.53. The fourth-order valence-corrected chi connectivity index (χ4v) is 1.82. The Hall–Kier alpha value is -3.33. The average molecular weight is 296 g/mol. The van der Waals surface area contributed by atoms with Gasteiger partial charge in [-0.2, -0.15) is 5.26 Å². The van der Waals surface area contributed by atoms with Crippen LogP contribution in [0.2, 0.25) is 0 Å². The zero-order valence-corrected chi connectivity index (χ0v) is 11.7. The van der Waals surface area contributed by atoms with Crippen LogP contribution in [0.1, 0.15) is 16.1 Å². The Morgan fingerprint density at radius 3 is 2.73 bits per heavy atom. The largest absolute Gasteiger partial charge is 0.478 e. The second-order valence-electron chi connectivity index (χ2n) is 4.34. The number of carbonyl (C=O) groups excluding carboxylic acids is 1. The standard InChI is InChI=1S/C16H12N2O4/c1-18-15(19)12(9-17)8-13-5-6-14(22-13)10-3-2-4-11(7-10)16(20)21/h2-8H,1H3,(H,18,19)(H,20,21)/b12-8+. The molecule has 2 aromatic rings. The second kappa shape index (κ2) is 6.41. The number of likely N-dealkylation sites (N-methyl/N-ethyl adjacent to an activating group) is 1. The number of rotatable bonds is 4. The van der Waals surface area contributed by atoms with Crippen molar-refractivity contribution in [2.24, 2.45) is 0 Å². The summed E-state index contributed by atoms with van der Waals surface area (Å²) in [5.74, 6) is -0.757. The summed E-state index contributed by atoms with van der Waals surface area (Å²) in [5.41, 5.74) is 0.662. The maximum absolute atomic E-state index is 11.4. The topological polar surface area (TPSA) is 103 Å². The molecule has 0 saturated carbocycles. The van der Waals surface area contributed by atoms with Crippen molar-refractivity contribution in [3.63, 3.8) is 0 Å². The van der Waals surface area contributed by atoms with E-state index in [1.807, 2.05) is 0 Å². The summed E-state index contributed by atoms with van der Waals surface area (Å²) in [4.78, 5) is 22.4. The molecule has 22 heavy (non-hydrogen) atoms. The number of carboxylic acid groups (broad SMARTS) is 1. The van der Waals surface area contributed by atoms with Crippen LogP contribution in [0.5, 0.6) is 0 Å². The highest BCUT2D eigenvalue weighted by Crippen LogP contribution is 2.24. The van der Waals surface area contributed by atoms with E-state index in [2.05, 4.69) is 5.32 Å². The van der Waals surface area contributed by atoms with Crippen molar-refractivity contribution in [2.75, 3.05) is 7.05 Å². The fraction of sp³-hybridized carbons (Fsp3) is 0.0625. The van der Waals surface area contributed by atoms with Gasteiger partial charge in [0.1, 0.15) is 23.2 Å². The van der Waals surface area contributed by atoms with Gasteiger partial charge in [-0.25, -0.2) is 4.79 Å². The van der Waals surface area contributed by atoms with Crippen molar-refractivity contribution in [3.8, 4) is 17.4 Å². The molecule has 1 aromatic carbocycles. The van der Waals surface area contributed by atoms with Gasteiger partial charge in [0.05, 0.1) is 5.56 Å². The number of amides is 1. The molecule has 2 rings (SSSR count). The second-order valence-corrected chi connectivity index (χ2v) is 4.34. The molecule has 1 aromatic heterocycles. The summed E-state index contributed by atoms with van der Waals surface area (Å²) in [6, 6.07) is 11.3. The Morgan fingerprint density at radius 2 is 2.09 bits per heavy atom. The lowest BCUT2D eigenvalue weighted by atomic mass is 10.1. The van der Waals surface area contributed by atoms with E-state index >= 15 is 0 Å². The third-order valence-electron chi connectivity index (χ3n) is 2.90. The van der Waals surface area contributed by atoms with Gasteiger partial charge in [-0.3, -0.25) is 4.79 Å². The molecule has 0 aliphatic rings. The molecule has 0 fully saturated rings. The lowest BCUT2D eigenvalue weighted by Gasteiger charge is -1.99. The van der Waals surface area contributed by atoms with Gasteiger partial charge >= 0.3 is 5.97 Å². The third-order valence-corrected chi connectivity index (χ3v) is 2.90. The highest BCUT2D eigenvalue weighted by Gasteiger charge is 2.10. The van der Waals surface area contributed by atoms with Gasteiger partial charge in [-0.15, -0.1) is 0 Å². The molecule has 1 amide bonds. The fourth-order valence-electron chi connectivity index (χ4n) is 1.82. The van der Waals surface area contributed by atoms with Gasteiger partial charge in [-0.1, -0.05) is 12.1 Å². The van der Waals surface area contributed by atoms with E-state index in [0.717, 1.165) is 0 Å². The Balaban J connectivity index is 2.34. The van der Waals surface area contributed by atoms with E-state index in [1.165, 1.54) is 25.3 Å². The van der Waals surface area contributed by atoms with E-state index in [9.17, 15) is 9.59 Å². The molecule has 0 atom stereocenters. The number of hydrogen-bond acceptors (Lipinski definition) is 4. The number of hydrogen-bond donors (Lipinski definition) is 2. The molecule has 110 valence electrons. The van der Waals surface area contributed by atoms with Crippen LogP contribution in [0.3, 0.4) is 0 Å². The molecular formula is C16H12N2O4. The molecule has 0 bridgehead atoms. The number of nitriles is 1. The highest BCUT2D eigenvalue weighted by molar-refractivity contribution is 6.01. The monoisotopic (exact) mass is 296 g/mol. The van der Waals surface area contributed by atoms with Crippen LogP contribution >= 0.6 is 0 Å². The molecule has 0 spiro atoms. The number of carbonyl (C=O) groups is 2. The minimum atomic E-state index is -1.03. The molecule has 6 heteroatoms. The lowest BCUT2D eigenvalue weighted by Crippen LogP contribution is -2.18. The van der Waals surface area contributed by atoms with Gasteiger partial charge in [0.2, 0.25) is 0 Å². The summed E-state index contributed by atoms with van der Waals surface area (Å²) in [6.07, 6.45) is 1.32. The number of benzene rings is 1.